The second kappa shape index (κ2) is 1.68. The number of cyclic esters (lactones) is 1. The number of ether oxygens (including phenoxy) is 1. The highest BCUT2D eigenvalue weighted by Crippen LogP contribution is 2.50. The first-order chi connectivity index (χ1) is 5.36. The fourth-order valence-corrected chi connectivity index (χ4v) is 2.78. The largest absolute Gasteiger partial charge is 0.465 e. The summed E-state index contributed by atoms with van der Waals surface area (Å²) < 4.78 is 5.02. The molecule has 58 valence electrons. The Morgan fingerprint density at radius 1 is 1.36 bits per heavy atom. The molecule has 2 heteroatoms. The Bertz CT molecular complexity index is 244. The van der Waals surface area contributed by atoms with Gasteiger partial charge in [0.25, 0.3) is 0 Å². The minimum Gasteiger partial charge on any atom is -0.465 e. The van der Waals surface area contributed by atoms with E-state index < -0.39 is 0 Å². The van der Waals surface area contributed by atoms with Crippen molar-refractivity contribution in [3.63, 3.8) is 0 Å². The van der Waals surface area contributed by atoms with Crippen molar-refractivity contribution in [3.8, 4) is 0 Å². The van der Waals surface area contributed by atoms with Gasteiger partial charge in [-0.2, -0.15) is 0 Å². The number of hydrogen-bond donors (Lipinski definition) is 0. The van der Waals surface area contributed by atoms with Gasteiger partial charge in [-0.05, 0) is 18.3 Å². The lowest BCUT2D eigenvalue weighted by molar-refractivity contribution is -0.142. The maximum Gasteiger partial charge on any atom is 0.309 e. The second-order valence-electron chi connectivity index (χ2n) is 3.77. The first-order valence-corrected chi connectivity index (χ1v) is 4.21. The molecule has 1 heterocycles. The fourth-order valence-electron chi connectivity index (χ4n) is 2.78. The third-order valence-electron chi connectivity index (χ3n) is 3.31. The molecule has 0 aromatic heterocycles. The predicted molar refractivity (Wildman–Crippen MR) is 38.7 cm³/mol. The van der Waals surface area contributed by atoms with Crippen LogP contribution in [0.3, 0.4) is 0 Å². The molecule has 3 aliphatic rings. The Morgan fingerprint density at radius 2 is 2.18 bits per heavy atom. The van der Waals surface area contributed by atoms with E-state index in [0.717, 1.165) is 0 Å². The van der Waals surface area contributed by atoms with Crippen LogP contribution in [-0.2, 0) is 9.53 Å². The number of allylic oxidation sites excluding steroid dienone is 2. The Kier molecular flexibility index (Phi) is 0.888. The molecule has 11 heavy (non-hydrogen) atoms. The quantitative estimate of drug-likeness (QED) is 0.380. The monoisotopic (exact) mass is 150 g/mol. The van der Waals surface area contributed by atoms with Gasteiger partial charge in [-0.25, -0.2) is 0 Å². The first-order valence-electron chi connectivity index (χ1n) is 4.21. The van der Waals surface area contributed by atoms with Gasteiger partial charge < -0.3 is 4.74 Å². The van der Waals surface area contributed by atoms with E-state index in [1.54, 1.807) is 0 Å². The summed E-state index contributed by atoms with van der Waals surface area (Å²) in [7, 11) is 0. The van der Waals surface area contributed by atoms with Gasteiger partial charge in [0.1, 0.15) is 0 Å². The molecule has 0 radical (unpaired) electrons. The van der Waals surface area contributed by atoms with Gasteiger partial charge in [-0.1, -0.05) is 12.2 Å². The molecule has 0 aromatic rings. The highest BCUT2D eigenvalue weighted by molar-refractivity contribution is 5.76. The summed E-state index contributed by atoms with van der Waals surface area (Å²) in [6, 6.07) is 0. The molecular formula is C9H10O2. The van der Waals surface area contributed by atoms with E-state index in [1.807, 2.05) is 0 Å². The molecule has 2 fully saturated rings. The van der Waals surface area contributed by atoms with Gasteiger partial charge in [0, 0.05) is 5.92 Å². The summed E-state index contributed by atoms with van der Waals surface area (Å²) in [5.41, 5.74) is 0. The Labute approximate surface area is 65.2 Å². The molecule has 0 N–H and O–H groups in total. The topological polar surface area (TPSA) is 26.3 Å². The molecule has 1 aliphatic heterocycles. The van der Waals surface area contributed by atoms with Crippen LogP contribution in [0.15, 0.2) is 12.2 Å². The van der Waals surface area contributed by atoms with Crippen molar-refractivity contribution in [2.75, 3.05) is 6.61 Å². The lowest BCUT2D eigenvalue weighted by Crippen LogP contribution is -2.19. The Hall–Kier alpha value is -0.790. The van der Waals surface area contributed by atoms with E-state index in [2.05, 4.69) is 12.2 Å². The summed E-state index contributed by atoms with van der Waals surface area (Å²) in [5, 5.41) is 0. The van der Waals surface area contributed by atoms with Crippen LogP contribution >= 0.6 is 0 Å². The van der Waals surface area contributed by atoms with Gasteiger partial charge in [-0.15, -0.1) is 0 Å². The minimum absolute atomic E-state index is 0.0480. The summed E-state index contributed by atoms with van der Waals surface area (Å²) in [6.45, 7) is 0.676. The Morgan fingerprint density at radius 3 is 3.00 bits per heavy atom. The molecule has 0 unspecified atom stereocenters. The maximum absolute atomic E-state index is 11.2. The van der Waals surface area contributed by atoms with Gasteiger partial charge >= 0.3 is 5.97 Å². The third-order valence-corrected chi connectivity index (χ3v) is 3.31. The van der Waals surface area contributed by atoms with Crippen LogP contribution in [0, 0.1) is 23.7 Å². The van der Waals surface area contributed by atoms with Gasteiger partial charge in [0.15, 0.2) is 0 Å². The summed E-state index contributed by atoms with van der Waals surface area (Å²) in [6.07, 6.45) is 5.65. The van der Waals surface area contributed by atoms with Crippen molar-refractivity contribution < 1.29 is 9.53 Å². The highest BCUT2D eigenvalue weighted by Gasteiger charge is 2.52. The summed E-state index contributed by atoms with van der Waals surface area (Å²) in [5.74, 6) is 1.96. The van der Waals surface area contributed by atoms with Crippen molar-refractivity contribution in [1.29, 1.82) is 0 Å². The Balaban J connectivity index is 2.03. The highest BCUT2D eigenvalue weighted by atomic mass is 16.5. The summed E-state index contributed by atoms with van der Waals surface area (Å²) >= 11 is 0. The average Bonchev–Trinajstić information content (AvgIpc) is 2.60. The average molecular weight is 150 g/mol. The normalized spacial score (nSPS) is 51.5. The van der Waals surface area contributed by atoms with E-state index in [9.17, 15) is 4.79 Å². The van der Waals surface area contributed by atoms with Gasteiger partial charge in [-0.3, -0.25) is 4.79 Å². The van der Waals surface area contributed by atoms with E-state index in [1.165, 1.54) is 6.42 Å². The van der Waals surface area contributed by atoms with Crippen molar-refractivity contribution in [2.45, 2.75) is 6.42 Å². The van der Waals surface area contributed by atoms with Crippen LogP contribution in [0.25, 0.3) is 0 Å². The molecule has 4 atom stereocenters. The maximum atomic E-state index is 11.2. The number of rotatable bonds is 0. The second-order valence-corrected chi connectivity index (χ2v) is 3.77. The molecule has 2 aliphatic carbocycles. The third kappa shape index (κ3) is 0.561. The number of carbonyl (C=O) groups excluding carboxylic acids is 1. The molecule has 2 bridgehead atoms. The SMILES string of the molecule is O=C1OC[C@H]2[C@@H]1[C@@H]1C=C[C@@H]2C1. The zero-order chi connectivity index (χ0) is 7.42. The number of hydrogen-bond acceptors (Lipinski definition) is 2. The van der Waals surface area contributed by atoms with Gasteiger partial charge in [0.05, 0.1) is 12.5 Å². The van der Waals surface area contributed by atoms with Crippen molar-refractivity contribution in [3.05, 3.63) is 12.2 Å². The lowest BCUT2D eigenvalue weighted by Gasteiger charge is -2.14. The van der Waals surface area contributed by atoms with E-state index in [-0.39, 0.29) is 11.9 Å². The van der Waals surface area contributed by atoms with Crippen LogP contribution in [0.2, 0.25) is 0 Å². The van der Waals surface area contributed by atoms with Crippen LogP contribution in [0.5, 0.6) is 0 Å². The minimum atomic E-state index is 0.0480. The molecule has 0 spiro atoms. The van der Waals surface area contributed by atoms with Crippen molar-refractivity contribution >= 4 is 5.97 Å². The van der Waals surface area contributed by atoms with E-state index in [4.69, 9.17) is 4.74 Å². The van der Waals surface area contributed by atoms with Crippen molar-refractivity contribution in [2.24, 2.45) is 23.7 Å². The first kappa shape index (κ1) is 5.81. The zero-order valence-corrected chi connectivity index (χ0v) is 6.19. The van der Waals surface area contributed by atoms with Crippen LogP contribution in [-0.4, -0.2) is 12.6 Å². The summed E-state index contributed by atoms with van der Waals surface area (Å²) in [4.78, 5) is 11.2. The van der Waals surface area contributed by atoms with Crippen LogP contribution < -0.4 is 0 Å². The molecule has 3 rings (SSSR count). The molecule has 0 amide bonds. The molecule has 1 saturated heterocycles. The van der Waals surface area contributed by atoms with Gasteiger partial charge in [0.2, 0.25) is 0 Å². The molecular weight excluding hydrogens is 140 g/mol. The fraction of sp³-hybridized carbons (Fsp3) is 0.667. The van der Waals surface area contributed by atoms with E-state index >= 15 is 0 Å². The lowest BCUT2D eigenvalue weighted by atomic mass is 9.86. The predicted octanol–water partition coefficient (Wildman–Crippen LogP) is 0.982. The number of esters is 1. The smallest absolute Gasteiger partial charge is 0.309 e. The van der Waals surface area contributed by atoms with Crippen LogP contribution in [0.4, 0.5) is 0 Å². The molecule has 0 aromatic carbocycles. The number of fused-ring (bicyclic) bond motifs is 5. The van der Waals surface area contributed by atoms with Crippen LogP contribution in [0.1, 0.15) is 6.42 Å². The van der Waals surface area contributed by atoms with E-state index in [0.29, 0.717) is 24.4 Å². The number of carbonyl (C=O) groups is 1. The standard InChI is InChI=1S/C9H10O2/c10-9-8-6-2-1-5(3-6)7(8)4-11-9/h1-2,5-8H,3-4H2/t5-,6-,7-,8+/m1/s1. The van der Waals surface area contributed by atoms with Crippen molar-refractivity contribution in [1.82, 2.24) is 0 Å². The molecule has 2 nitrogen and oxygen atoms in total. The zero-order valence-electron chi connectivity index (χ0n) is 6.19. The molecule has 1 saturated carbocycles.